The fraction of sp³-hybridized carbons (Fsp3) is 0.545. The van der Waals surface area contributed by atoms with Gasteiger partial charge in [0.25, 0.3) is 5.91 Å². The number of hydrogen-bond donors (Lipinski definition) is 0. The molecule has 0 spiro atoms. The van der Waals surface area contributed by atoms with Gasteiger partial charge >= 0.3 is 0 Å². The number of ether oxygens (including phenoxy) is 1. The number of piperidine rings is 1. The Kier molecular flexibility index (Phi) is 6.01. The highest BCUT2D eigenvalue weighted by Gasteiger charge is 2.33. The van der Waals surface area contributed by atoms with Crippen molar-refractivity contribution in [2.75, 3.05) is 32.8 Å². The summed E-state index contributed by atoms with van der Waals surface area (Å²) in [5.41, 5.74) is 1.61. The van der Waals surface area contributed by atoms with E-state index in [4.69, 9.17) is 4.74 Å². The van der Waals surface area contributed by atoms with Crippen LogP contribution in [0.3, 0.4) is 0 Å². The van der Waals surface area contributed by atoms with E-state index in [9.17, 15) is 9.59 Å². The van der Waals surface area contributed by atoms with E-state index in [1.54, 1.807) is 23.3 Å². The molecule has 0 N–H and O–H groups in total. The van der Waals surface area contributed by atoms with Gasteiger partial charge < -0.3 is 19.1 Å². The van der Waals surface area contributed by atoms with Crippen LogP contribution in [0.15, 0.2) is 30.9 Å². The summed E-state index contributed by atoms with van der Waals surface area (Å²) in [5.74, 6) is 1.44. The Bertz CT molecular complexity index is 904. The summed E-state index contributed by atoms with van der Waals surface area (Å²) in [6, 6.07) is 3.84. The molecule has 1 unspecified atom stereocenters. The van der Waals surface area contributed by atoms with Crippen LogP contribution < -0.4 is 4.74 Å². The van der Waals surface area contributed by atoms with E-state index >= 15 is 0 Å². The molecule has 2 aromatic heterocycles. The van der Waals surface area contributed by atoms with Crippen LogP contribution in [-0.4, -0.2) is 68.9 Å². The zero-order valence-corrected chi connectivity index (χ0v) is 17.7. The summed E-state index contributed by atoms with van der Waals surface area (Å²) in [6.45, 7) is 5.45. The van der Waals surface area contributed by atoms with Gasteiger partial charge in [0, 0.05) is 64.0 Å². The summed E-state index contributed by atoms with van der Waals surface area (Å²) < 4.78 is 7.59. The van der Waals surface area contributed by atoms with Crippen molar-refractivity contribution < 1.29 is 14.3 Å². The van der Waals surface area contributed by atoms with Crippen LogP contribution in [-0.2, 0) is 11.8 Å². The number of amides is 2. The quantitative estimate of drug-likeness (QED) is 0.725. The maximum atomic E-state index is 12.5. The molecule has 2 fully saturated rings. The van der Waals surface area contributed by atoms with Crippen molar-refractivity contribution in [3.8, 4) is 5.88 Å². The highest BCUT2D eigenvalue weighted by atomic mass is 16.5. The first kappa shape index (κ1) is 20.4. The predicted molar refractivity (Wildman–Crippen MR) is 111 cm³/mol. The summed E-state index contributed by atoms with van der Waals surface area (Å²) in [5, 5.41) is 0. The van der Waals surface area contributed by atoms with Crippen molar-refractivity contribution in [1.82, 2.24) is 24.3 Å². The number of rotatable bonds is 6. The minimum Gasteiger partial charge on any atom is -0.477 e. The molecule has 0 radical (unpaired) electrons. The number of imidazole rings is 1. The van der Waals surface area contributed by atoms with Crippen LogP contribution in [0, 0.1) is 18.8 Å². The molecule has 2 aliphatic heterocycles. The third-order valence-electron chi connectivity index (χ3n) is 5.96. The molecule has 1 atom stereocenters. The number of aryl methyl sites for hydroxylation is 2. The monoisotopic (exact) mass is 411 g/mol. The van der Waals surface area contributed by atoms with Crippen molar-refractivity contribution in [2.45, 2.75) is 26.2 Å². The Morgan fingerprint density at radius 3 is 2.73 bits per heavy atom. The SMILES string of the molecule is Cc1ccnc(OCC2CC(=O)N(CC3CCN(C(=O)c4cn(C)cn4)CC3)C2)c1. The molecule has 2 saturated heterocycles. The Morgan fingerprint density at radius 2 is 2.03 bits per heavy atom. The van der Waals surface area contributed by atoms with Gasteiger partial charge in [-0.3, -0.25) is 9.59 Å². The van der Waals surface area contributed by atoms with Crippen LogP contribution in [0.4, 0.5) is 0 Å². The molecular weight excluding hydrogens is 382 g/mol. The van der Waals surface area contributed by atoms with Gasteiger partial charge in [-0.1, -0.05) is 0 Å². The first-order valence-corrected chi connectivity index (χ1v) is 10.6. The topological polar surface area (TPSA) is 80.6 Å². The Hall–Kier alpha value is -2.90. The second kappa shape index (κ2) is 8.85. The van der Waals surface area contributed by atoms with Crippen LogP contribution in [0.1, 0.15) is 35.3 Å². The minimum atomic E-state index is -0.00623. The second-order valence-corrected chi connectivity index (χ2v) is 8.51. The van der Waals surface area contributed by atoms with Crippen molar-refractivity contribution in [3.63, 3.8) is 0 Å². The average Bonchev–Trinajstić information content (AvgIpc) is 3.32. The van der Waals surface area contributed by atoms with E-state index in [0.29, 0.717) is 43.6 Å². The highest BCUT2D eigenvalue weighted by molar-refractivity contribution is 5.92. The molecular formula is C22H29N5O3. The smallest absolute Gasteiger partial charge is 0.274 e. The normalized spacial score (nSPS) is 20.1. The lowest BCUT2D eigenvalue weighted by atomic mass is 9.96. The Balaban J connectivity index is 1.22. The zero-order chi connectivity index (χ0) is 21.1. The van der Waals surface area contributed by atoms with Crippen LogP contribution in [0.5, 0.6) is 5.88 Å². The van der Waals surface area contributed by atoms with Gasteiger partial charge in [-0.15, -0.1) is 0 Å². The van der Waals surface area contributed by atoms with Crippen molar-refractivity contribution in [2.24, 2.45) is 18.9 Å². The van der Waals surface area contributed by atoms with E-state index in [1.807, 2.05) is 35.9 Å². The van der Waals surface area contributed by atoms with Gasteiger partial charge in [0.05, 0.1) is 12.9 Å². The fourth-order valence-electron chi connectivity index (χ4n) is 4.25. The first-order valence-electron chi connectivity index (χ1n) is 10.6. The van der Waals surface area contributed by atoms with E-state index < -0.39 is 0 Å². The maximum Gasteiger partial charge on any atom is 0.274 e. The Labute approximate surface area is 176 Å². The van der Waals surface area contributed by atoms with Gasteiger partial charge in [0.2, 0.25) is 11.8 Å². The zero-order valence-electron chi connectivity index (χ0n) is 17.7. The highest BCUT2D eigenvalue weighted by Crippen LogP contribution is 2.25. The molecule has 2 aromatic rings. The van der Waals surface area contributed by atoms with Crippen LogP contribution in [0.25, 0.3) is 0 Å². The molecule has 0 saturated carbocycles. The van der Waals surface area contributed by atoms with Crippen LogP contribution >= 0.6 is 0 Å². The van der Waals surface area contributed by atoms with Crippen LogP contribution in [0.2, 0.25) is 0 Å². The number of carbonyl (C=O) groups is 2. The lowest BCUT2D eigenvalue weighted by molar-refractivity contribution is -0.128. The molecule has 2 aliphatic rings. The number of nitrogens with zero attached hydrogens (tertiary/aromatic N) is 5. The van der Waals surface area contributed by atoms with Crippen molar-refractivity contribution >= 4 is 11.8 Å². The number of carbonyl (C=O) groups excluding carboxylic acids is 2. The average molecular weight is 412 g/mol. The van der Waals surface area contributed by atoms with Gasteiger partial charge in [-0.05, 0) is 37.3 Å². The van der Waals surface area contributed by atoms with E-state index in [2.05, 4.69) is 9.97 Å². The molecule has 0 aliphatic carbocycles. The largest absolute Gasteiger partial charge is 0.477 e. The third-order valence-corrected chi connectivity index (χ3v) is 5.96. The van der Waals surface area contributed by atoms with Gasteiger partial charge in [-0.25, -0.2) is 9.97 Å². The molecule has 4 heterocycles. The predicted octanol–water partition coefficient (Wildman–Crippen LogP) is 1.90. The first-order chi connectivity index (χ1) is 14.5. The number of likely N-dealkylation sites (tertiary alicyclic amines) is 2. The summed E-state index contributed by atoms with van der Waals surface area (Å²) in [4.78, 5) is 37.2. The number of pyridine rings is 1. The molecule has 2 amide bonds. The van der Waals surface area contributed by atoms with Gasteiger partial charge in [0.1, 0.15) is 5.69 Å². The molecule has 160 valence electrons. The molecule has 8 nitrogen and oxygen atoms in total. The van der Waals surface area contributed by atoms with Crippen molar-refractivity contribution in [1.29, 1.82) is 0 Å². The van der Waals surface area contributed by atoms with E-state index in [0.717, 1.165) is 31.5 Å². The molecule has 30 heavy (non-hydrogen) atoms. The van der Waals surface area contributed by atoms with Crippen molar-refractivity contribution in [3.05, 3.63) is 42.1 Å². The lowest BCUT2D eigenvalue weighted by Crippen LogP contribution is -2.42. The molecule has 4 rings (SSSR count). The molecule has 0 bridgehead atoms. The van der Waals surface area contributed by atoms with Gasteiger partial charge in [-0.2, -0.15) is 0 Å². The summed E-state index contributed by atoms with van der Waals surface area (Å²) in [6.07, 6.45) is 7.50. The number of hydrogen-bond acceptors (Lipinski definition) is 5. The summed E-state index contributed by atoms with van der Waals surface area (Å²) >= 11 is 0. The molecule has 8 heteroatoms. The molecule has 0 aromatic carbocycles. The maximum absolute atomic E-state index is 12.5. The van der Waals surface area contributed by atoms with E-state index in [1.165, 1.54) is 0 Å². The summed E-state index contributed by atoms with van der Waals surface area (Å²) in [7, 11) is 1.86. The number of aromatic nitrogens is 3. The second-order valence-electron chi connectivity index (χ2n) is 8.51. The van der Waals surface area contributed by atoms with E-state index in [-0.39, 0.29) is 17.7 Å². The lowest BCUT2D eigenvalue weighted by Gasteiger charge is -2.33. The fourth-order valence-corrected chi connectivity index (χ4v) is 4.25. The third kappa shape index (κ3) is 4.80. The minimum absolute atomic E-state index is 0.00623. The van der Waals surface area contributed by atoms with Gasteiger partial charge in [0.15, 0.2) is 0 Å². The standard InChI is InChI=1S/C22H29N5O3/c1-16-3-6-23-20(9-16)30-14-18-10-21(28)27(12-18)11-17-4-7-26(8-5-17)22(29)19-13-25(2)15-24-19/h3,6,9,13,15,17-18H,4-5,7-8,10-12,14H2,1-2H3. The Morgan fingerprint density at radius 1 is 1.23 bits per heavy atom.